The van der Waals surface area contributed by atoms with Crippen LogP contribution in [0.2, 0.25) is 0 Å². The molecule has 0 radical (unpaired) electrons. The first kappa shape index (κ1) is 15.7. The maximum absolute atomic E-state index is 12.2. The zero-order chi connectivity index (χ0) is 16.8. The third-order valence-corrected chi connectivity index (χ3v) is 3.62. The molecule has 0 aliphatic rings. The first-order chi connectivity index (χ1) is 11.8. The standard InChI is InChI=1S/C17H17N5O2/c1-24-16-5-3-2-4-13(16)10-11-18-17(23)14-6-8-15(9-7-14)22-12-19-20-21-22/h2-9,12H,10-11H2,1H3,(H,18,23). The number of amides is 1. The van der Waals surface area contributed by atoms with Crippen molar-refractivity contribution in [3.05, 3.63) is 66.0 Å². The van der Waals surface area contributed by atoms with Gasteiger partial charge in [-0.1, -0.05) is 18.2 Å². The molecule has 24 heavy (non-hydrogen) atoms. The Balaban J connectivity index is 1.57. The van der Waals surface area contributed by atoms with E-state index < -0.39 is 0 Å². The highest BCUT2D eigenvalue weighted by Crippen LogP contribution is 2.17. The zero-order valence-electron chi connectivity index (χ0n) is 13.2. The molecule has 0 fully saturated rings. The van der Waals surface area contributed by atoms with Gasteiger partial charge in [-0.3, -0.25) is 4.79 Å². The summed E-state index contributed by atoms with van der Waals surface area (Å²) in [6, 6.07) is 14.9. The number of para-hydroxylation sites is 1. The van der Waals surface area contributed by atoms with Crippen molar-refractivity contribution in [3.63, 3.8) is 0 Å². The number of benzene rings is 2. The van der Waals surface area contributed by atoms with Gasteiger partial charge in [0, 0.05) is 12.1 Å². The molecule has 0 atom stereocenters. The Morgan fingerprint density at radius 2 is 1.96 bits per heavy atom. The lowest BCUT2D eigenvalue weighted by molar-refractivity contribution is 0.0954. The van der Waals surface area contributed by atoms with E-state index in [0.717, 1.165) is 17.0 Å². The number of methoxy groups -OCH3 is 1. The summed E-state index contributed by atoms with van der Waals surface area (Å²) in [7, 11) is 1.64. The van der Waals surface area contributed by atoms with E-state index in [0.29, 0.717) is 18.5 Å². The van der Waals surface area contributed by atoms with E-state index >= 15 is 0 Å². The minimum atomic E-state index is -0.117. The first-order valence-electron chi connectivity index (χ1n) is 7.51. The lowest BCUT2D eigenvalue weighted by Gasteiger charge is -2.09. The topological polar surface area (TPSA) is 81.9 Å². The molecule has 1 N–H and O–H groups in total. The lowest BCUT2D eigenvalue weighted by atomic mass is 10.1. The second-order valence-corrected chi connectivity index (χ2v) is 5.12. The average Bonchev–Trinajstić information content (AvgIpc) is 3.17. The second kappa shape index (κ2) is 7.36. The van der Waals surface area contributed by atoms with Crippen LogP contribution in [0.1, 0.15) is 15.9 Å². The highest BCUT2D eigenvalue weighted by Gasteiger charge is 2.07. The van der Waals surface area contributed by atoms with Gasteiger partial charge in [0.2, 0.25) is 0 Å². The van der Waals surface area contributed by atoms with Gasteiger partial charge in [-0.2, -0.15) is 0 Å². The third-order valence-electron chi connectivity index (χ3n) is 3.62. The van der Waals surface area contributed by atoms with Crippen molar-refractivity contribution in [3.8, 4) is 11.4 Å². The van der Waals surface area contributed by atoms with E-state index in [2.05, 4.69) is 20.8 Å². The molecule has 0 saturated heterocycles. The van der Waals surface area contributed by atoms with E-state index in [1.54, 1.807) is 31.4 Å². The molecule has 2 aromatic carbocycles. The monoisotopic (exact) mass is 323 g/mol. The minimum absolute atomic E-state index is 0.117. The summed E-state index contributed by atoms with van der Waals surface area (Å²) in [4.78, 5) is 12.2. The first-order valence-corrected chi connectivity index (χ1v) is 7.51. The van der Waals surface area contributed by atoms with Crippen LogP contribution in [0.5, 0.6) is 5.75 Å². The van der Waals surface area contributed by atoms with Crippen LogP contribution >= 0.6 is 0 Å². The molecule has 122 valence electrons. The van der Waals surface area contributed by atoms with Crippen molar-refractivity contribution in [2.45, 2.75) is 6.42 Å². The number of rotatable bonds is 6. The number of hydrogen-bond donors (Lipinski definition) is 1. The van der Waals surface area contributed by atoms with Crippen LogP contribution in [-0.4, -0.2) is 39.8 Å². The molecule has 0 saturated carbocycles. The smallest absolute Gasteiger partial charge is 0.251 e. The normalized spacial score (nSPS) is 10.4. The number of tetrazole rings is 1. The maximum Gasteiger partial charge on any atom is 0.251 e. The van der Waals surface area contributed by atoms with Gasteiger partial charge >= 0.3 is 0 Å². The molecular formula is C17H17N5O2. The molecule has 0 aliphatic heterocycles. The van der Waals surface area contributed by atoms with Crippen LogP contribution < -0.4 is 10.1 Å². The van der Waals surface area contributed by atoms with E-state index in [9.17, 15) is 4.79 Å². The number of aromatic nitrogens is 4. The molecule has 0 unspecified atom stereocenters. The Labute approximate surface area is 139 Å². The molecule has 1 aromatic heterocycles. The van der Waals surface area contributed by atoms with Crippen molar-refractivity contribution in [2.24, 2.45) is 0 Å². The van der Waals surface area contributed by atoms with Gasteiger partial charge in [0.1, 0.15) is 12.1 Å². The predicted molar refractivity (Wildman–Crippen MR) is 88.2 cm³/mol. The van der Waals surface area contributed by atoms with Crippen molar-refractivity contribution in [2.75, 3.05) is 13.7 Å². The Kier molecular flexibility index (Phi) is 4.81. The molecule has 1 heterocycles. The van der Waals surface area contributed by atoms with Crippen LogP contribution in [0.4, 0.5) is 0 Å². The van der Waals surface area contributed by atoms with Gasteiger partial charge in [0.05, 0.1) is 12.8 Å². The van der Waals surface area contributed by atoms with Crippen molar-refractivity contribution >= 4 is 5.91 Å². The third kappa shape index (κ3) is 3.57. The lowest BCUT2D eigenvalue weighted by Crippen LogP contribution is -2.25. The van der Waals surface area contributed by atoms with Crippen molar-refractivity contribution in [1.29, 1.82) is 0 Å². The molecule has 0 spiro atoms. The number of nitrogens with one attached hydrogen (secondary N) is 1. The van der Waals surface area contributed by atoms with Crippen molar-refractivity contribution in [1.82, 2.24) is 25.5 Å². The number of hydrogen-bond acceptors (Lipinski definition) is 5. The van der Waals surface area contributed by atoms with Gasteiger partial charge in [0.25, 0.3) is 5.91 Å². The van der Waals surface area contributed by atoms with Crippen LogP contribution in [-0.2, 0) is 6.42 Å². The van der Waals surface area contributed by atoms with Gasteiger partial charge in [-0.15, -0.1) is 5.10 Å². The largest absolute Gasteiger partial charge is 0.496 e. The molecule has 0 aliphatic carbocycles. The van der Waals surface area contributed by atoms with Gasteiger partial charge in [-0.05, 0) is 52.7 Å². The van der Waals surface area contributed by atoms with Crippen LogP contribution in [0, 0.1) is 0 Å². The molecule has 7 heteroatoms. The van der Waals surface area contributed by atoms with Gasteiger partial charge in [-0.25, -0.2) is 4.68 Å². The minimum Gasteiger partial charge on any atom is -0.496 e. The second-order valence-electron chi connectivity index (χ2n) is 5.12. The Hall–Kier alpha value is -3.22. The number of nitrogens with zero attached hydrogens (tertiary/aromatic N) is 4. The highest BCUT2D eigenvalue weighted by atomic mass is 16.5. The van der Waals surface area contributed by atoms with Crippen molar-refractivity contribution < 1.29 is 9.53 Å². The van der Waals surface area contributed by atoms with E-state index in [1.807, 2.05) is 24.3 Å². The quantitative estimate of drug-likeness (QED) is 0.746. The Morgan fingerprint density at radius 3 is 2.67 bits per heavy atom. The van der Waals surface area contributed by atoms with Crippen LogP contribution in [0.3, 0.4) is 0 Å². The predicted octanol–water partition coefficient (Wildman–Crippen LogP) is 1.64. The van der Waals surface area contributed by atoms with E-state index in [-0.39, 0.29) is 5.91 Å². The van der Waals surface area contributed by atoms with E-state index in [4.69, 9.17) is 4.74 Å². The summed E-state index contributed by atoms with van der Waals surface area (Å²) in [5.74, 6) is 0.714. The van der Waals surface area contributed by atoms with Crippen LogP contribution in [0.25, 0.3) is 5.69 Å². The summed E-state index contributed by atoms with van der Waals surface area (Å²) in [5.41, 5.74) is 2.45. The fourth-order valence-electron chi connectivity index (χ4n) is 2.37. The Bertz CT molecular complexity index is 800. The summed E-state index contributed by atoms with van der Waals surface area (Å²) in [6.07, 6.45) is 2.21. The molecule has 3 aromatic rings. The van der Waals surface area contributed by atoms with Gasteiger partial charge < -0.3 is 10.1 Å². The number of ether oxygens (including phenoxy) is 1. The maximum atomic E-state index is 12.2. The molecular weight excluding hydrogens is 306 g/mol. The zero-order valence-corrected chi connectivity index (χ0v) is 13.2. The average molecular weight is 323 g/mol. The summed E-state index contributed by atoms with van der Waals surface area (Å²) in [6.45, 7) is 0.536. The SMILES string of the molecule is COc1ccccc1CCNC(=O)c1ccc(-n2cnnn2)cc1. The molecule has 0 bridgehead atoms. The summed E-state index contributed by atoms with van der Waals surface area (Å²) < 4.78 is 6.84. The fraction of sp³-hybridized carbons (Fsp3) is 0.176. The molecule has 7 nitrogen and oxygen atoms in total. The highest BCUT2D eigenvalue weighted by molar-refractivity contribution is 5.94. The summed E-state index contributed by atoms with van der Waals surface area (Å²) in [5, 5.41) is 13.9. The van der Waals surface area contributed by atoms with Crippen LogP contribution in [0.15, 0.2) is 54.9 Å². The summed E-state index contributed by atoms with van der Waals surface area (Å²) >= 11 is 0. The molecule has 1 amide bonds. The fourth-order valence-corrected chi connectivity index (χ4v) is 2.37. The number of carbonyl (C=O) groups excluding carboxylic acids is 1. The van der Waals surface area contributed by atoms with E-state index in [1.165, 1.54) is 11.0 Å². The Morgan fingerprint density at radius 1 is 1.17 bits per heavy atom. The van der Waals surface area contributed by atoms with Gasteiger partial charge in [0.15, 0.2) is 0 Å². The molecule has 3 rings (SSSR count). The number of carbonyl (C=O) groups is 1.